The summed E-state index contributed by atoms with van der Waals surface area (Å²) in [5, 5.41) is 4.23. The first-order chi connectivity index (χ1) is 9.13. The van der Waals surface area contributed by atoms with Gasteiger partial charge in [-0.2, -0.15) is 11.8 Å². The smallest absolute Gasteiger partial charge is 0.253 e. The van der Waals surface area contributed by atoms with Crippen LogP contribution in [0.2, 0.25) is 5.02 Å². The Hall–Kier alpha value is -0.910. The van der Waals surface area contributed by atoms with Gasteiger partial charge >= 0.3 is 0 Å². The standard InChI is InChI=1S/C13H18ClN3OS/c1-19-10-4-3-9(7-10)16-13(18)11-6-8(14)2-5-12(11)17-15/h2,5-6,9-10,17H,3-4,7,15H2,1H3,(H,16,18). The third-order valence-corrected chi connectivity index (χ3v) is 4.76. The van der Waals surface area contributed by atoms with Gasteiger partial charge < -0.3 is 10.7 Å². The van der Waals surface area contributed by atoms with Gasteiger partial charge in [-0.1, -0.05) is 11.6 Å². The summed E-state index contributed by atoms with van der Waals surface area (Å²) >= 11 is 7.79. The SMILES string of the molecule is CSC1CCC(NC(=O)c2cc(Cl)ccc2NN)C1. The molecule has 1 saturated carbocycles. The number of nitrogen functional groups attached to an aromatic ring is 1. The second-order valence-electron chi connectivity index (χ2n) is 4.68. The molecule has 2 unspecified atom stereocenters. The van der Waals surface area contributed by atoms with Crippen LogP contribution in [-0.2, 0) is 0 Å². The fourth-order valence-corrected chi connectivity index (χ4v) is 3.35. The van der Waals surface area contributed by atoms with Crippen LogP contribution in [0.25, 0.3) is 0 Å². The van der Waals surface area contributed by atoms with E-state index in [1.54, 1.807) is 18.2 Å². The van der Waals surface area contributed by atoms with Gasteiger partial charge in [0, 0.05) is 16.3 Å². The van der Waals surface area contributed by atoms with Crippen LogP contribution >= 0.6 is 23.4 Å². The zero-order chi connectivity index (χ0) is 13.8. The fourth-order valence-electron chi connectivity index (χ4n) is 2.38. The molecule has 1 aliphatic rings. The zero-order valence-electron chi connectivity index (χ0n) is 10.8. The number of nitrogens with one attached hydrogen (secondary N) is 2. The van der Waals surface area contributed by atoms with Crippen molar-refractivity contribution in [1.82, 2.24) is 5.32 Å². The molecule has 1 fully saturated rings. The number of carbonyl (C=O) groups excluding carboxylic acids is 1. The normalized spacial score (nSPS) is 22.3. The molecule has 2 rings (SSSR count). The molecular weight excluding hydrogens is 282 g/mol. The van der Waals surface area contributed by atoms with E-state index in [1.807, 2.05) is 11.8 Å². The van der Waals surface area contributed by atoms with Crippen LogP contribution in [0.1, 0.15) is 29.6 Å². The van der Waals surface area contributed by atoms with Gasteiger partial charge in [0.1, 0.15) is 0 Å². The molecule has 1 amide bonds. The minimum absolute atomic E-state index is 0.123. The van der Waals surface area contributed by atoms with Crippen LogP contribution in [0, 0.1) is 0 Å². The molecule has 0 radical (unpaired) electrons. The summed E-state index contributed by atoms with van der Waals surface area (Å²) in [7, 11) is 0. The van der Waals surface area contributed by atoms with E-state index in [2.05, 4.69) is 17.0 Å². The van der Waals surface area contributed by atoms with Crippen LogP contribution in [-0.4, -0.2) is 23.5 Å². The monoisotopic (exact) mass is 299 g/mol. The Balaban J connectivity index is 2.06. The van der Waals surface area contributed by atoms with Crippen molar-refractivity contribution in [1.29, 1.82) is 0 Å². The lowest BCUT2D eigenvalue weighted by molar-refractivity contribution is 0.0939. The van der Waals surface area contributed by atoms with Gasteiger partial charge in [-0.15, -0.1) is 0 Å². The van der Waals surface area contributed by atoms with E-state index < -0.39 is 0 Å². The first-order valence-corrected chi connectivity index (χ1v) is 7.90. The maximum absolute atomic E-state index is 12.3. The molecule has 0 aliphatic heterocycles. The Kier molecular flexibility index (Phi) is 4.96. The lowest BCUT2D eigenvalue weighted by Crippen LogP contribution is -2.33. The highest BCUT2D eigenvalue weighted by Gasteiger charge is 2.26. The third-order valence-electron chi connectivity index (χ3n) is 3.43. The molecule has 6 heteroatoms. The molecule has 2 atom stereocenters. The van der Waals surface area contributed by atoms with Gasteiger partial charge in [0.2, 0.25) is 0 Å². The molecule has 4 N–H and O–H groups in total. The second-order valence-corrected chi connectivity index (χ2v) is 6.25. The molecular formula is C13H18ClN3OS. The van der Waals surface area contributed by atoms with Gasteiger partial charge in [0.25, 0.3) is 5.91 Å². The van der Waals surface area contributed by atoms with E-state index in [0.717, 1.165) is 19.3 Å². The van der Waals surface area contributed by atoms with Crippen molar-refractivity contribution < 1.29 is 4.79 Å². The zero-order valence-corrected chi connectivity index (χ0v) is 12.4. The summed E-state index contributed by atoms with van der Waals surface area (Å²) < 4.78 is 0. The van der Waals surface area contributed by atoms with Crippen molar-refractivity contribution in [3.63, 3.8) is 0 Å². The molecule has 4 nitrogen and oxygen atoms in total. The Morgan fingerprint density at radius 3 is 2.89 bits per heavy atom. The van der Waals surface area contributed by atoms with Gasteiger partial charge in [-0.05, 0) is 43.7 Å². The van der Waals surface area contributed by atoms with Crippen LogP contribution in [0.5, 0.6) is 0 Å². The Labute approximate surface area is 122 Å². The van der Waals surface area contributed by atoms with Crippen molar-refractivity contribution in [2.45, 2.75) is 30.6 Å². The van der Waals surface area contributed by atoms with E-state index in [4.69, 9.17) is 17.4 Å². The van der Waals surface area contributed by atoms with Gasteiger partial charge in [0.05, 0.1) is 11.3 Å². The molecule has 19 heavy (non-hydrogen) atoms. The number of carbonyl (C=O) groups is 1. The van der Waals surface area contributed by atoms with Crippen molar-refractivity contribution in [3.8, 4) is 0 Å². The summed E-state index contributed by atoms with van der Waals surface area (Å²) in [4.78, 5) is 12.3. The quantitative estimate of drug-likeness (QED) is 0.590. The van der Waals surface area contributed by atoms with E-state index in [-0.39, 0.29) is 11.9 Å². The van der Waals surface area contributed by atoms with Gasteiger partial charge in [0.15, 0.2) is 0 Å². The molecule has 0 saturated heterocycles. The summed E-state index contributed by atoms with van der Waals surface area (Å²) in [5.41, 5.74) is 3.60. The predicted octanol–water partition coefficient (Wildman–Crippen LogP) is 2.64. The van der Waals surface area contributed by atoms with Crippen LogP contribution in [0.4, 0.5) is 5.69 Å². The molecule has 1 aliphatic carbocycles. The van der Waals surface area contributed by atoms with Crippen molar-refractivity contribution >= 4 is 35.0 Å². The Morgan fingerprint density at radius 1 is 1.47 bits per heavy atom. The van der Waals surface area contributed by atoms with E-state index in [9.17, 15) is 4.79 Å². The summed E-state index contributed by atoms with van der Waals surface area (Å²) in [5.74, 6) is 5.29. The number of anilines is 1. The molecule has 1 aromatic carbocycles. The van der Waals surface area contributed by atoms with Crippen molar-refractivity contribution in [3.05, 3.63) is 28.8 Å². The van der Waals surface area contributed by atoms with E-state index >= 15 is 0 Å². The third kappa shape index (κ3) is 3.55. The number of hydrogen-bond donors (Lipinski definition) is 3. The minimum atomic E-state index is -0.123. The number of benzene rings is 1. The van der Waals surface area contributed by atoms with Crippen molar-refractivity contribution in [2.75, 3.05) is 11.7 Å². The highest BCUT2D eigenvalue weighted by molar-refractivity contribution is 7.99. The molecule has 0 bridgehead atoms. The molecule has 104 valence electrons. The second kappa shape index (κ2) is 6.50. The first-order valence-electron chi connectivity index (χ1n) is 6.24. The molecule has 1 aromatic rings. The summed E-state index contributed by atoms with van der Waals surface area (Å²) in [6.07, 6.45) is 5.33. The van der Waals surface area contributed by atoms with Gasteiger partial charge in [-0.25, -0.2) is 0 Å². The average Bonchev–Trinajstić information content (AvgIpc) is 2.86. The van der Waals surface area contributed by atoms with E-state index in [1.165, 1.54) is 0 Å². The van der Waals surface area contributed by atoms with Crippen LogP contribution < -0.4 is 16.6 Å². The summed E-state index contributed by atoms with van der Waals surface area (Å²) in [6, 6.07) is 5.28. The Morgan fingerprint density at radius 2 is 2.26 bits per heavy atom. The summed E-state index contributed by atoms with van der Waals surface area (Å²) in [6.45, 7) is 0. The molecule has 0 spiro atoms. The number of rotatable bonds is 4. The first kappa shape index (κ1) is 14.5. The topological polar surface area (TPSA) is 67.2 Å². The number of amides is 1. The largest absolute Gasteiger partial charge is 0.349 e. The number of thioether (sulfide) groups is 1. The lowest BCUT2D eigenvalue weighted by Gasteiger charge is -2.15. The maximum atomic E-state index is 12.3. The van der Waals surface area contributed by atoms with Crippen LogP contribution in [0.3, 0.4) is 0 Å². The predicted molar refractivity (Wildman–Crippen MR) is 81.7 cm³/mol. The lowest BCUT2D eigenvalue weighted by atomic mass is 10.1. The minimum Gasteiger partial charge on any atom is -0.349 e. The maximum Gasteiger partial charge on any atom is 0.253 e. The van der Waals surface area contributed by atoms with E-state index in [0.29, 0.717) is 21.5 Å². The highest BCUT2D eigenvalue weighted by atomic mass is 35.5. The molecule has 0 aromatic heterocycles. The van der Waals surface area contributed by atoms with Gasteiger partial charge in [-0.3, -0.25) is 10.6 Å². The average molecular weight is 300 g/mol. The fraction of sp³-hybridized carbons (Fsp3) is 0.462. The van der Waals surface area contributed by atoms with Crippen molar-refractivity contribution in [2.24, 2.45) is 5.84 Å². The number of nitrogens with two attached hydrogens (primary N) is 1. The number of hydrogen-bond acceptors (Lipinski definition) is 4. The Bertz CT molecular complexity index is 469. The number of hydrazine groups is 1. The molecule has 0 heterocycles. The van der Waals surface area contributed by atoms with Crippen LogP contribution in [0.15, 0.2) is 18.2 Å². The number of halogens is 1. The highest BCUT2D eigenvalue weighted by Crippen LogP contribution is 2.28.